The lowest BCUT2D eigenvalue weighted by atomic mass is 10.1. The van der Waals surface area contributed by atoms with Crippen LogP contribution in [0.5, 0.6) is 0 Å². The summed E-state index contributed by atoms with van der Waals surface area (Å²) < 4.78 is 0. The van der Waals surface area contributed by atoms with Gasteiger partial charge in [0, 0.05) is 19.7 Å². The lowest BCUT2D eigenvalue weighted by Crippen LogP contribution is -2.23. The Hall–Kier alpha value is -2.10. The Balaban J connectivity index is 2.46. The molecular formula is C13H15N3O. The van der Waals surface area contributed by atoms with Gasteiger partial charge in [0.2, 0.25) is 5.91 Å². The van der Waals surface area contributed by atoms with Crippen LogP contribution >= 0.6 is 0 Å². The van der Waals surface area contributed by atoms with Gasteiger partial charge < -0.3 is 10.2 Å². The molecule has 0 bridgehead atoms. The molecule has 1 amide bonds. The summed E-state index contributed by atoms with van der Waals surface area (Å²) in [6, 6.07) is 5.64. The Labute approximate surface area is 101 Å². The summed E-state index contributed by atoms with van der Waals surface area (Å²) in [6.45, 7) is 7.40. The van der Waals surface area contributed by atoms with E-state index in [0.717, 1.165) is 28.5 Å². The van der Waals surface area contributed by atoms with E-state index in [9.17, 15) is 4.79 Å². The Morgan fingerprint density at radius 2 is 2.18 bits per heavy atom. The van der Waals surface area contributed by atoms with Gasteiger partial charge in [0.25, 0.3) is 0 Å². The smallest absolute Gasteiger partial charge is 0.221 e. The molecule has 0 aromatic heterocycles. The van der Waals surface area contributed by atoms with Crippen molar-refractivity contribution >= 4 is 28.7 Å². The Morgan fingerprint density at radius 3 is 2.82 bits per heavy atom. The number of hydrogen-bond acceptors (Lipinski definition) is 3. The topological polar surface area (TPSA) is 44.7 Å². The van der Waals surface area contributed by atoms with Gasteiger partial charge in [-0.3, -0.25) is 4.79 Å². The summed E-state index contributed by atoms with van der Waals surface area (Å²) in [5.41, 5.74) is 4.40. The van der Waals surface area contributed by atoms with E-state index >= 15 is 0 Å². The zero-order valence-corrected chi connectivity index (χ0v) is 10.2. The largest absolute Gasteiger partial charge is 0.342 e. The van der Waals surface area contributed by atoms with E-state index in [4.69, 9.17) is 0 Å². The van der Waals surface area contributed by atoms with E-state index in [2.05, 4.69) is 16.9 Å². The molecule has 1 aromatic rings. The van der Waals surface area contributed by atoms with Crippen LogP contribution in [0.3, 0.4) is 0 Å². The number of anilines is 2. The molecule has 1 heterocycles. The summed E-state index contributed by atoms with van der Waals surface area (Å²) in [7, 11) is 1.94. The van der Waals surface area contributed by atoms with Crippen LogP contribution < -0.4 is 10.2 Å². The maximum atomic E-state index is 11.0. The minimum absolute atomic E-state index is 0.0816. The van der Waals surface area contributed by atoms with Crippen molar-refractivity contribution in [2.75, 3.05) is 17.3 Å². The Kier molecular flexibility index (Phi) is 2.71. The minimum Gasteiger partial charge on any atom is -0.342 e. The van der Waals surface area contributed by atoms with Crippen LogP contribution in [-0.2, 0) is 4.79 Å². The van der Waals surface area contributed by atoms with Crippen LogP contribution in [0.2, 0.25) is 0 Å². The number of rotatable bonds is 1. The van der Waals surface area contributed by atoms with Crippen LogP contribution in [0.4, 0.5) is 17.1 Å². The fourth-order valence-corrected chi connectivity index (χ4v) is 1.80. The molecule has 0 saturated carbocycles. The number of allylic oxidation sites excluding steroid dienone is 1. The Morgan fingerprint density at radius 1 is 1.47 bits per heavy atom. The molecule has 0 aliphatic carbocycles. The minimum atomic E-state index is -0.0816. The quantitative estimate of drug-likeness (QED) is 0.804. The van der Waals surface area contributed by atoms with Crippen molar-refractivity contribution in [3.8, 4) is 0 Å². The lowest BCUT2D eigenvalue weighted by Gasteiger charge is -2.28. The standard InChI is InChI=1S/C13H15N3O/c1-8-9(2)16(4)13-7-11(15-10(3)17)5-6-12(13)14-8/h5-7H,2H2,1,3-4H3,(H,15,17). The van der Waals surface area contributed by atoms with Gasteiger partial charge >= 0.3 is 0 Å². The summed E-state index contributed by atoms with van der Waals surface area (Å²) in [4.78, 5) is 17.4. The zero-order chi connectivity index (χ0) is 12.6. The molecule has 1 aromatic carbocycles. The average molecular weight is 229 g/mol. The van der Waals surface area contributed by atoms with Gasteiger partial charge in [0.15, 0.2) is 0 Å². The van der Waals surface area contributed by atoms with E-state index in [1.54, 1.807) is 0 Å². The number of carbonyl (C=O) groups is 1. The number of hydrogen-bond donors (Lipinski definition) is 1. The molecule has 1 N–H and O–H groups in total. The van der Waals surface area contributed by atoms with Gasteiger partial charge in [-0.15, -0.1) is 0 Å². The van der Waals surface area contributed by atoms with Crippen molar-refractivity contribution in [1.82, 2.24) is 0 Å². The molecular weight excluding hydrogens is 214 g/mol. The maximum Gasteiger partial charge on any atom is 0.221 e. The normalized spacial score (nSPS) is 14.2. The first-order valence-corrected chi connectivity index (χ1v) is 5.39. The van der Waals surface area contributed by atoms with E-state index in [-0.39, 0.29) is 5.91 Å². The van der Waals surface area contributed by atoms with E-state index < -0.39 is 0 Å². The molecule has 0 saturated heterocycles. The van der Waals surface area contributed by atoms with Crippen LogP contribution in [-0.4, -0.2) is 18.7 Å². The summed E-state index contributed by atoms with van der Waals surface area (Å²) in [5, 5.41) is 2.76. The molecule has 0 atom stereocenters. The fraction of sp³-hybridized carbons (Fsp3) is 0.231. The van der Waals surface area contributed by atoms with Gasteiger partial charge in [0.05, 0.1) is 22.8 Å². The first-order valence-electron chi connectivity index (χ1n) is 5.39. The van der Waals surface area contributed by atoms with Crippen molar-refractivity contribution in [2.24, 2.45) is 4.99 Å². The average Bonchev–Trinajstić information content (AvgIpc) is 2.26. The number of fused-ring (bicyclic) bond motifs is 1. The van der Waals surface area contributed by atoms with E-state index in [1.807, 2.05) is 37.1 Å². The molecule has 1 aliphatic rings. The van der Waals surface area contributed by atoms with Crippen molar-refractivity contribution in [2.45, 2.75) is 13.8 Å². The predicted molar refractivity (Wildman–Crippen MR) is 71.1 cm³/mol. The van der Waals surface area contributed by atoms with Gasteiger partial charge in [-0.05, 0) is 25.1 Å². The van der Waals surface area contributed by atoms with Gasteiger partial charge in [-0.2, -0.15) is 0 Å². The monoisotopic (exact) mass is 229 g/mol. The second-order valence-electron chi connectivity index (χ2n) is 4.09. The summed E-state index contributed by atoms with van der Waals surface area (Å²) in [5.74, 6) is -0.0816. The summed E-state index contributed by atoms with van der Waals surface area (Å²) in [6.07, 6.45) is 0. The molecule has 2 rings (SSSR count). The Bertz CT molecular complexity index is 531. The van der Waals surface area contributed by atoms with E-state index in [1.165, 1.54) is 6.92 Å². The zero-order valence-electron chi connectivity index (χ0n) is 10.2. The third kappa shape index (κ3) is 2.06. The van der Waals surface area contributed by atoms with Crippen LogP contribution in [0, 0.1) is 0 Å². The van der Waals surface area contributed by atoms with Gasteiger partial charge in [-0.25, -0.2) is 4.99 Å². The second-order valence-corrected chi connectivity index (χ2v) is 4.09. The van der Waals surface area contributed by atoms with E-state index in [0.29, 0.717) is 0 Å². The lowest BCUT2D eigenvalue weighted by molar-refractivity contribution is -0.114. The summed E-state index contributed by atoms with van der Waals surface area (Å²) >= 11 is 0. The maximum absolute atomic E-state index is 11.0. The van der Waals surface area contributed by atoms with Crippen LogP contribution in [0.25, 0.3) is 0 Å². The first kappa shape index (κ1) is 11.4. The van der Waals surface area contributed by atoms with Gasteiger partial charge in [0.1, 0.15) is 0 Å². The number of benzene rings is 1. The molecule has 0 radical (unpaired) electrons. The molecule has 17 heavy (non-hydrogen) atoms. The number of aliphatic imine (C=N–C) groups is 1. The highest BCUT2D eigenvalue weighted by atomic mass is 16.1. The first-order chi connectivity index (χ1) is 7.99. The van der Waals surface area contributed by atoms with Crippen LogP contribution in [0.15, 0.2) is 35.5 Å². The van der Waals surface area contributed by atoms with Crippen molar-refractivity contribution in [1.29, 1.82) is 0 Å². The number of amides is 1. The highest BCUT2D eigenvalue weighted by Gasteiger charge is 2.18. The fourth-order valence-electron chi connectivity index (χ4n) is 1.80. The number of nitrogens with zero attached hydrogens (tertiary/aromatic N) is 2. The molecule has 88 valence electrons. The van der Waals surface area contributed by atoms with Crippen molar-refractivity contribution in [3.63, 3.8) is 0 Å². The molecule has 4 nitrogen and oxygen atoms in total. The molecule has 1 aliphatic heterocycles. The highest BCUT2D eigenvalue weighted by Crippen LogP contribution is 2.36. The third-order valence-corrected chi connectivity index (χ3v) is 2.77. The molecule has 0 unspecified atom stereocenters. The highest BCUT2D eigenvalue weighted by molar-refractivity contribution is 6.06. The molecule has 0 spiro atoms. The second kappa shape index (κ2) is 4.05. The molecule has 4 heteroatoms. The van der Waals surface area contributed by atoms with Crippen molar-refractivity contribution < 1.29 is 4.79 Å². The molecule has 0 fully saturated rings. The predicted octanol–water partition coefficient (Wildman–Crippen LogP) is 2.70. The van der Waals surface area contributed by atoms with Crippen molar-refractivity contribution in [3.05, 3.63) is 30.5 Å². The number of nitrogens with one attached hydrogen (secondary N) is 1. The SMILES string of the molecule is C=C1C(C)=Nc2ccc(NC(C)=O)cc2N1C. The third-order valence-electron chi connectivity index (χ3n) is 2.77. The van der Waals surface area contributed by atoms with Gasteiger partial charge in [-0.1, -0.05) is 6.58 Å². The number of carbonyl (C=O) groups excluding carboxylic acids is 1. The van der Waals surface area contributed by atoms with Crippen LogP contribution in [0.1, 0.15) is 13.8 Å².